The third-order valence-corrected chi connectivity index (χ3v) is 7.55. The summed E-state index contributed by atoms with van der Waals surface area (Å²) < 4.78 is 47.1. The number of benzene rings is 1. The highest BCUT2D eigenvalue weighted by molar-refractivity contribution is 6.30. The van der Waals surface area contributed by atoms with Crippen LogP contribution in [-0.4, -0.2) is 81.4 Å². The summed E-state index contributed by atoms with van der Waals surface area (Å²) in [6.45, 7) is 2.31. The second-order valence-corrected chi connectivity index (χ2v) is 10.4. The Bertz CT molecular complexity index is 1370. The van der Waals surface area contributed by atoms with Crippen molar-refractivity contribution in [1.29, 1.82) is 0 Å². The summed E-state index contributed by atoms with van der Waals surface area (Å²) in [6, 6.07) is 4.71. The monoisotopic (exact) mass is 548 g/mol. The van der Waals surface area contributed by atoms with E-state index >= 15 is 0 Å². The molecule has 2 saturated heterocycles. The Balaban J connectivity index is 1.26. The third kappa shape index (κ3) is 3.99. The van der Waals surface area contributed by atoms with Gasteiger partial charge >= 0.3 is 6.09 Å². The lowest BCUT2D eigenvalue weighted by atomic mass is 9.73. The molecule has 10 nitrogen and oxygen atoms in total. The quantitative estimate of drug-likeness (QED) is 0.478. The Morgan fingerprint density at radius 1 is 1.18 bits per heavy atom. The molecular weight excluding hydrogens is 525 g/mol. The van der Waals surface area contributed by atoms with Crippen molar-refractivity contribution in [3.05, 3.63) is 53.0 Å². The number of alkyl halides is 2. The molecule has 3 aliphatic rings. The molecule has 2 fully saturated rings. The molecule has 3 aromatic rings. The number of rotatable bonds is 5. The molecule has 1 aromatic carbocycles. The van der Waals surface area contributed by atoms with Gasteiger partial charge in [-0.3, -0.25) is 9.47 Å². The number of fused-ring (bicyclic) bond motifs is 3. The first-order valence-electron chi connectivity index (χ1n) is 12.1. The van der Waals surface area contributed by atoms with E-state index in [1.165, 1.54) is 11.2 Å². The van der Waals surface area contributed by atoms with Gasteiger partial charge in [0.15, 0.2) is 23.6 Å². The lowest BCUT2D eigenvalue weighted by Crippen LogP contribution is -2.73. The Kier molecular flexibility index (Phi) is 6.04. The Labute approximate surface area is 221 Å². The lowest BCUT2D eigenvalue weighted by Gasteiger charge is -2.60. The molecule has 6 rings (SSSR count). The van der Waals surface area contributed by atoms with Crippen LogP contribution in [0.3, 0.4) is 0 Å². The highest BCUT2D eigenvalue weighted by Gasteiger charge is 2.54. The number of carbonyl (C=O) groups is 1. The van der Waals surface area contributed by atoms with Crippen molar-refractivity contribution in [2.45, 2.75) is 25.6 Å². The van der Waals surface area contributed by atoms with Crippen molar-refractivity contribution < 1.29 is 22.7 Å². The predicted octanol–water partition coefficient (Wildman–Crippen LogP) is 3.50. The minimum Gasteiger partial charge on any atom is -0.440 e. The van der Waals surface area contributed by atoms with E-state index in [0.29, 0.717) is 54.4 Å². The SMILES string of the molecule is CC1c2nnc(N3CC4(CN(c5ncncc5F)C4)C3)n2-c2ccc(Cl)cc2CN1C(=O)OC(CF)CF. The smallest absolute Gasteiger partial charge is 0.411 e. The fourth-order valence-corrected chi connectivity index (χ4v) is 5.64. The maximum absolute atomic E-state index is 14.1. The number of halogens is 4. The molecule has 2 aromatic heterocycles. The van der Waals surface area contributed by atoms with E-state index in [9.17, 15) is 18.0 Å². The van der Waals surface area contributed by atoms with Crippen LogP contribution in [0.15, 0.2) is 30.7 Å². The number of hydrogen-bond acceptors (Lipinski definition) is 8. The van der Waals surface area contributed by atoms with Crippen molar-refractivity contribution in [2.75, 3.05) is 49.3 Å². The molecule has 0 saturated carbocycles. The zero-order valence-electron chi connectivity index (χ0n) is 20.4. The molecule has 1 unspecified atom stereocenters. The largest absolute Gasteiger partial charge is 0.440 e. The first-order chi connectivity index (χ1) is 18.3. The van der Waals surface area contributed by atoms with E-state index in [1.54, 1.807) is 19.1 Å². The molecule has 38 heavy (non-hydrogen) atoms. The molecule has 0 N–H and O–H groups in total. The molecule has 14 heteroatoms. The third-order valence-electron chi connectivity index (χ3n) is 7.32. The number of nitrogens with zero attached hydrogens (tertiary/aromatic N) is 8. The van der Waals surface area contributed by atoms with E-state index in [2.05, 4.69) is 25.1 Å². The van der Waals surface area contributed by atoms with Gasteiger partial charge in [0.25, 0.3) is 0 Å². The average Bonchev–Trinajstić information content (AvgIpc) is 3.24. The van der Waals surface area contributed by atoms with Crippen LogP contribution in [0.5, 0.6) is 0 Å². The van der Waals surface area contributed by atoms with Gasteiger partial charge in [-0.15, -0.1) is 10.2 Å². The van der Waals surface area contributed by atoms with Gasteiger partial charge in [0.05, 0.1) is 24.5 Å². The van der Waals surface area contributed by atoms with Crippen LogP contribution in [-0.2, 0) is 11.3 Å². The van der Waals surface area contributed by atoms with Gasteiger partial charge in [-0.05, 0) is 30.7 Å². The standard InChI is InChI=1S/C24H24ClF3N8O2/c1-14-20-31-32-22(34-11-24(12-34)9-33(10-24)21-18(28)7-29-13-30-21)36(20)19-3-2-16(25)4-15(19)8-35(14)23(37)38-17(5-26)6-27/h2-4,7,13-14,17H,5-6,8-12H2,1H3. The zero-order valence-corrected chi connectivity index (χ0v) is 21.2. The van der Waals surface area contributed by atoms with E-state index < -0.39 is 37.4 Å². The first-order valence-corrected chi connectivity index (χ1v) is 12.5. The number of ether oxygens (including phenoxy) is 1. The molecule has 0 bridgehead atoms. The molecule has 1 amide bonds. The minimum atomic E-state index is -1.47. The number of anilines is 2. The van der Waals surface area contributed by atoms with Gasteiger partial charge in [0.2, 0.25) is 5.95 Å². The van der Waals surface area contributed by atoms with Gasteiger partial charge in [-0.25, -0.2) is 27.9 Å². The van der Waals surface area contributed by atoms with Crippen molar-refractivity contribution in [1.82, 2.24) is 29.6 Å². The van der Waals surface area contributed by atoms with E-state index in [-0.39, 0.29) is 12.0 Å². The van der Waals surface area contributed by atoms with E-state index in [4.69, 9.17) is 16.3 Å². The maximum Gasteiger partial charge on any atom is 0.411 e. The van der Waals surface area contributed by atoms with Crippen LogP contribution in [0.1, 0.15) is 24.4 Å². The molecule has 200 valence electrons. The lowest BCUT2D eigenvalue weighted by molar-refractivity contribution is 0.0286. The molecule has 5 heterocycles. The predicted molar refractivity (Wildman–Crippen MR) is 131 cm³/mol. The summed E-state index contributed by atoms with van der Waals surface area (Å²) in [5.41, 5.74) is 1.44. The summed E-state index contributed by atoms with van der Waals surface area (Å²) >= 11 is 6.28. The van der Waals surface area contributed by atoms with Crippen molar-refractivity contribution in [3.8, 4) is 5.69 Å². The second kappa shape index (κ2) is 9.29. The maximum atomic E-state index is 14.1. The van der Waals surface area contributed by atoms with Crippen LogP contribution in [0.25, 0.3) is 5.69 Å². The van der Waals surface area contributed by atoms with Crippen LogP contribution in [0.2, 0.25) is 5.02 Å². The highest BCUT2D eigenvalue weighted by Crippen LogP contribution is 2.45. The fraction of sp³-hybridized carbons (Fsp3) is 0.458. The van der Waals surface area contributed by atoms with Crippen molar-refractivity contribution >= 4 is 29.5 Å². The van der Waals surface area contributed by atoms with Crippen LogP contribution in [0, 0.1) is 11.2 Å². The number of hydrogen-bond donors (Lipinski definition) is 0. The summed E-state index contributed by atoms with van der Waals surface area (Å²) in [5.74, 6) is 0.940. The molecule has 0 aliphatic carbocycles. The molecule has 1 atom stereocenters. The minimum absolute atomic E-state index is 0.0213. The summed E-state index contributed by atoms with van der Waals surface area (Å²) in [7, 11) is 0. The topological polar surface area (TPSA) is 92.5 Å². The summed E-state index contributed by atoms with van der Waals surface area (Å²) in [4.78, 5) is 26.0. The molecule has 3 aliphatic heterocycles. The number of aromatic nitrogens is 5. The van der Waals surface area contributed by atoms with Crippen molar-refractivity contribution in [3.63, 3.8) is 0 Å². The summed E-state index contributed by atoms with van der Waals surface area (Å²) in [5, 5.41) is 9.33. The van der Waals surface area contributed by atoms with Gasteiger partial charge in [0.1, 0.15) is 19.7 Å². The van der Waals surface area contributed by atoms with E-state index in [0.717, 1.165) is 11.9 Å². The first kappa shape index (κ1) is 24.7. The fourth-order valence-electron chi connectivity index (χ4n) is 5.45. The van der Waals surface area contributed by atoms with Gasteiger partial charge in [-0.2, -0.15) is 0 Å². The normalized spacial score (nSPS) is 19.5. The second-order valence-electron chi connectivity index (χ2n) is 9.99. The van der Waals surface area contributed by atoms with E-state index in [1.807, 2.05) is 15.5 Å². The number of carbonyl (C=O) groups excluding carboxylic acids is 1. The van der Waals surface area contributed by atoms with Gasteiger partial charge in [-0.1, -0.05) is 11.6 Å². The summed E-state index contributed by atoms with van der Waals surface area (Å²) in [6.07, 6.45) is 0.170. The molecule has 0 radical (unpaired) electrons. The molecule has 1 spiro atoms. The van der Waals surface area contributed by atoms with Crippen molar-refractivity contribution in [2.24, 2.45) is 5.41 Å². The average molecular weight is 549 g/mol. The van der Waals surface area contributed by atoms with Crippen LogP contribution in [0.4, 0.5) is 29.7 Å². The highest BCUT2D eigenvalue weighted by atomic mass is 35.5. The van der Waals surface area contributed by atoms with Crippen LogP contribution < -0.4 is 9.80 Å². The molecular formula is C24H24ClF3N8O2. The Morgan fingerprint density at radius 2 is 1.92 bits per heavy atom. The number of amides is 1. The van der Waals surface area contributed by atoms with Gasteiger partial charge < -0.3 is 14.5 Å². The Hall–Kier alpha value is -3.61. The van der Waals surface area contributed by atoms with Crippen LogP contribution >= 0.6 is 11.6 Å². The van der Waals surface area contributed by atoms with Gasteiger partial charge in [0, 0.05) is 36.6 Å². The Morgan fingerprint density at radius 3 is 2.63 bits per heavy atom. The zero-order chi connectivity index (χ0) is 26.6.